The highest BCUT2D eigenvalue weighted by atomic mass is 16.1. The average molecular weight is 299 g/mol. The monoisotopic (exact) mass is 299 g/mol. The third-order valence-corrected chi connectivity index (χ3v) is 4.34. The lowest BCUT2D eigenvalue weighted by molar-refractivity contribution is 1.06. The van der Waals surface area contributed by atoms with Crippen LogP contribution in [0.25, 0.3) is 27.4 Å². The molecule has 0 atom stereocenters. The van der Waals surface area contributed by atoms with Crippen molar-refractivity contribution in [3.63, 3.8) is 0 Å². The van der Waals surface area contributed by atoms with Gasteiger partial charge in [-0.25, -0.2) is 0 Å². The number of fused-ring (bicyclic) bond motifs is 3. The van der Waals surface area contributed by atoms with E-state index in [2.05, 4.69) is 26.0 Å². The van der Waals surface area contributed by atoms with Crippen LogP contribution in [0.5, 0.6) is 0 Å². The number of nitrogens with zero attached hydrogens (tertiary/aromatic N) is 1. The molecule has 4 rings (SSSR count). The van der Waals surface area contributed by atoms with Gasteiger partial charge in [0, 0.05) is 16.5 Å². The molecule has 0 aliphatic carbocycles. The molecule has 0 radical (unpaired) electrons. The standard InChI is InChI=1S/C21H17NO/c1-14-7-10-16(11-8-14)22-20-12-9-15(2)13-19(20)17-5-3-4-6-18(17)21(22)23/h3-13H,1-2H3. The molecule has 2 heteroatoms. The maximum absolute atomic E-state index is 13.1. The minimum absolute atomic E-state index is 0.0285. The largest absolute Gasteiger partial charge is 0.276 e. The van der Waals surface area contributed by atoms with E-state index in [0.717, 1.165) is 27.4 Å². The fourth-order valence-electron chi connectivity index (χ4n) is 3.15. The van der Waals surface area contributed by atoms with Crippen molar-refractivity contribution in [3.05, 3.63) is 88.2 Å². The Morgan fingerprint density at radius 3 is 2.09 bits per heavy atom. The van der Waals surface area contributed by atoms with E-state index in [1.807, 2.05) is 59.2 Å². The number of hydrogen-bond acceptors (Lipinski definition) is 1. The molecular formula is C21H17NO. The van der Waals surface area contributed by atoms with Crippen molar-refractivity contribution in [2.45, 2.75) is 13.8 Å². The van der Waals surface area contributed by atoms with Crippen molar-refractivity contribution in [3.8, 4) is 5.69 Å². The molecule has 112 valence electrons. The summed E-state index contributed by atoms with van der Waals surface area (Å²) in [5.74, 6) is 0. The highest BCUT2D eigenvalue weighted by Crippen LogP contribution is 2.26. The van der Waals surface area contributed by atoms with E-state index in [1.54, 1.807) is 0 Å². The average Bonchev–Trinajstić information content (AvgIpc) is 2.57. The van der Waals surface area contributed by atoms with E-state index in [9.17, 15) is 4.79 Å². The molecule has 0 saturated carbocycles. The molecule has 4 aromatic rings. The SMILES string of the molecule is Cc1ccc(-n2c(=O)c3ccccc3c3cc(C)ccc32)cc1. The first kappa shape index (κ1) is 13.8. The molecule has 1 heterocycles. The second-order valence-corrected chi connectivity index (χ2v) is 6.04. The second-order valence-electron chi connectivity index (χ2n) is 6.04. The van der Waals surface area contributed by atoms with Crippen LogP contribution in [0.2, 0.25) is 0 Å². The Labute approximate surface area is 134 Å². The number of benzene rings is 3. The predicted octanol–water partition coefficient (Wildman–Crippen LogP) is 4.76. The minimum atomic E-state index is 0.0285. The summed E-state index contributed by atoms with van der Waals surface area (Å²) in [4.78, 5) is 13.1. The van der Waals surface area contributed by atoms with Gasteiger partial charge in [-0.2, -0.15) is 0 Å². The molecule has 0 aliphatic rings. The summed E-state index contributed by atoms with van der Waals surface area (Å²) in [6.07, 6.45) is 0. The topological polar surface area (TPSA) is 22.0 Å². The lowest BCUT2D eigenvalue weighted by Crippen LogP contribution is -2.19. The van der Waals surface area contributed by atoms with Gasteiger partial charge in [-0.15, -0.1) is 0 Å². The van der Waals surface area contributed by atoms with Crippen LogP contribution in [-0.2, 0) is 0 Å². The normalized spacial score (nSPS) is 11.2. The van der Waals surface area contributed by atoms with Gasteiger partial charge in [-0.3, -0.25) is 9.36 Å². The van der Waals surface area contributed by atoms with Crippen LogP contribution in [0.1, 0.15) is 11.1 Å². The first-order chi connectivity index (χ1) is 11.1. The van der Waals surface area contributed by atoms with E-state index in [1.165, 1.54) is 11.1 Å². The molecule has 0 amide bonds. The summed E-state index contributed by atoms with van der Waals surface area (Å²) in [6.45, 7) is 4.13. The van der Waals surface area contributed by atoms with Gasteiger partial charge in [-0.1, -0.05) is 47.5 Å². The smallest absolute Gasteiger partial charge is 0.263 e. The summed E-state index contributed by atoms with van der Waals surface area (Å²) in [6, 6.07) is 22.2. The quantitative estimate of drug-likeness (QED) is 0.464. The fraction of sp³-hybridized carbons (Fsp3) is 0.0952. The van der Waals surface area contributed by atoms with Crippen LogP contribution >= 0.6 is 0 Å². The van der Waals surface area contributed by atoms with Crippen molar-refractivity contribution >= 4 is 21.7 Å². The molecule has 0 bridgehead atoms. The van der Waals surface area contributed by atoms with Gasteiger partial charge in [0.05, 0.1) is 5.52 Å². The maximum atomic E-state index is 13.1. The van der Waals surface area contributed by atoms with Crippen LogP contribution in [-0.4, -0.2) is 4.57 Å². The molecular weight excluding hydrogens is 282 g/mol. The Morgan fingerprint density at radius 2 is 1.35 bits per heavy atom. The highest BCUT2D eigenvalue weighted by molar-refractivity contribution is 6.06. The summed E-state index contributed by atoms with van der Waals surface area (Å²) < 4.78 is 1.82. The number of pyridine rings is 1. The lowest BCUT2D eigenvalue weighted by atomic mass is 10.0. The van der Waals surface area contributed by atoms with Crippen LogP contribution in [0.15, 0.2) is 71.5 Å². The molecule has 23 heavy (non-hydrogen) atoms. The fourth-order valence-corrected chi connectivity index (χ4v) is 3.15. The molecule has 0 unspecified atom stereocenters. The molecule has 0 fully saturated rings. The summed E-state index contributed by atoms with van der Waals surface area (Å²) in [5.41, 5.74) is 4.25. The van der Waals surface area contributed by atoms with E-state index in [4.69, 9.17) is 0 Å². The van der Waals surface area contributed by atoms with Gasteiger partial charge in [0.25, 0.3) is 5.56 Å². The van der Waals surface area contributed by atoms with E-state index < -0.39 is 0 Å². The number of aromatic nitrogens is 1. The number of hydrogen-bond donors (Lipinski definition) is 0. The molecule has 2 nitrogen and oxygen atoms in total. The van der Waals surface area contributed by atoms with Crippen LogP contribution in [0, 0.1) is 13.8 Å². The molecule has 1 aromatic heterocycles. The first-order valence-electron chi connectivity index (χ1n) is 7.76. The number of aryl methyl sites for hydroxylation is 2. The van der Waals surface area contributed by atoms with E-state index in [0.29, 0.717) is 0 Å². The highest BCUT2D eigenvalue weighted by Gasteiger charge is 2.11. The molecule has 0 spiro atoms. The summed E-state index contributed by atoms with van der Waals surface area (Å²) in [5, 5.41) is 2.88. The summed E-state index contributed by atoms with van der Waals surface area (Å²) >= 11 is 0. The Balaban J connectivity index is 2.23. The lowest BCUT2D eigenvalue weighted by Gasteiger charge is -2.14. The molecule has 0 saturated heterocycles. The van der Waals surface area contributed by atoms with Gasteiger partial charge in [0.15, 0.2) is 0 Å². The van der Waals surface area contributed by atoms with Crippen molar-refractivity contribution in [1.29, 1.82) is 0 Å². The van der Waals surface area contributed by atoms with E-state index >= 15 is 0 Å². The Morgan fingerprint density at radius 1 is 0.696 bits per heavy atom. The Hall–Kier alpha value is -2.87. The van der Waals surface area contributed by atoms with Crippen molar-refractivity contribution in [1.82, 2.24) is 4.57 Å². The van der Waals surface area contributed by atoms with Crippen molar-refractivity contribution in [2.75, 3.05) is 0 Å². The van der Waals surface area contributed by atoms with Gasteiger partial charge in [0.2, 0.25) is 0 Å². The summed E-state index contributed by atoms with van der Waals surface area (Å²) in [7, 11) is 0. The van der Waals surface area contributed by atoms with Gasteiger partial charge in [-0.05, 0) is 49.6 Å². The Bertz CT molecular complexity index is 1090. The zero-order valence-electron chi connectivity index (χ0n) is 13.2. The minimum Gasteiger partial charge on any atom is -0.276 e. The van der Waals surface area contributed by atoms with Crippen molar-refractivity contribution in [2.24, 2.45) is 0 Å². The molecule has 3 aromatic carbocycles. The predicted molar refractivity (Wildman–Crippen MR) is 96.5 cm³/mol. The van der Waals surface area contributed by atoms with Gasteiger partial charge >= 0.3 is 0 Å². The van der Waals surface area contributed by atoms with Gasteiger partial charge in [0.1, 0.15) is 0 Å². The third kappa shape index (κ3) is 2.15. The second kappa shape index (κ2) is 5.10. The van der Waals surface area contributed by atoms with Crippen molar-refractivity contribution < 1.29 is 0 Å². The van der Waals surface area contributed by atoms with Crippen LogP contribution in [0.4, 0.5) is 0 Å². The van der Waals surface area contributed by atoms with Crippen LogP contribution < -0.4 is 5.56 Å². The first-order valence-corrected chi connectivity index (χ1v) is 7.76. The van der Waals surface area contributed by atoms with E-state index in [-0.39, 0.29) is 5.56 Å². The third-order valence-electron chi connectivity index (χ3n) is 4.34. The molecule has 0 N–H and O–H groups in total. The van der Waals surface area contributed by atoms with Crippen LogP contribution in [0.3, 0.4) is 0 Å². The molecule has 0 aliphatic heterocycles. The zero-order valence-corrected chi connectivity index (χ0v) is 13.2. The maximum Gasteiger partial charge on any atom is 0.263 e. The zero-order chi connectivity index (χ0) is 16.0. The number of rotatable bonds is 1. The Kier molecular flexibility index (Phi) is 3.05. The van der Waals surface area contributed by atoms with Gasteiger partial charge < -0.3 is 0 Å².